The highest BCUT2D eigenvalue weighted by atomic mass is 79.9. The second-order valence-corrected chi connectivity index (χ2v) is 2.10. The zero-order chi connectivity index (χ0) is 5.11. The van der Waals surface area contributed by atoms with Crippen molar-refractivity contribution in [2.24, 2.45) is 0 Å². The van der Waals surface area contributed by atoms with Gasteiger partial charge in [0.25, 0.3) is 0 Å². The Hall–Kier alpha value is -0.240. The van der Waals surface area contributed by atoms with E-state index < -0.39 is 0 Å². The van der Waals surface area contributed by atoms with Crippen molar-refractivity contribution >= 4 is 15.9 Å². The van der Waals surface area contributed by atoms with Gasteiger partial charge in [0.2, 0.25) is 0 Å². The first-order chi connectivity index (χ1) is 3.39. The first kappa shape index (κ1) is 4.91. The van der Waals surface area contributed by atoms with Gasteiger partial charge in [-0.25, -0.2) is 0 Å². The molecule has 0 bridgehead atoms. The molecular weight excluding hydrogens is 156 g/mol. The van der Waals surface area contributed by atoms with E-state index in [2.05, 4.69) is 15.9 Å². The molecule has 1 heterocycles. The molecule has 0 saturated carbocycles. The standard InChI is InChI=1S/C5H5BrO/c6-5-3-1-2-4-7-5/h1-5H. The van der Waals surface area contributed by atoms with Crippen molar-refractivity contribution in [3.8, 4) is 0 Å². The molecule has 0 spiro atoms. The molecule has 1 aliphatic heterocycles. The van der Waals surface area contributed by atoms with Crippen LogP contribution >= 0.6 is 15.9 Å². The smallest absolute Gasteiger partial charge is 0.170 e. The van der Waals surface area contributed by atoms with Gasteiger partial charge in [-0.15, -0.1) is 0 Å². The van der Waals surface area contributed by atoms with Gasteiger partial charge >= 0.3 is 0 Å². The van der Waals surface area contributed by atoms with Crippen molar-refractivity contribution in [1.29, 1.82) is 0 Å². The number of allylic oxidation sites excluding steroid dienone is 2. The minimum atomic E-state index is 0.0810. The van der Waals surface area contributed by atoms with Gasteiger partial charge in [-0.1, -0.05) is 6.08 Å². The molecule has 2 heteroatoms. The molecule has 1 atom stereocenters. The third-order valence-electron chi connectivity index (χ3n) is 0.661. The lowest BCUT2D eigenvalue weighted by atomic mass is 10.5. The summed E-state index contributed by atoms with van der Waals surface area (Å²) in [5.41, 5.74) is 0. The Morgan fingerprint density at radius 1 is 1.43 bits per heavy atom. The lowest BCUT2D eigenvalue weighted by Gasteiger charge is -2.04. The summed E-state index contributed by atoms with van der Waals surface area (Å²) in [6, 6.07) is 0. The lowest BCUT2D eigenvalue weighted by molar-refractivity contribution is 0.263. The van der Waals surface area contributed by atoms with Gasteiger partial charge in [0.05, 0.1) is 6.26 Å². The molecule has 0 saturated heterocycles. The molecule has 38 valence electrons. The van der Waals surface area contributed by atoms with Crippen LogP contribution in [0.25, 0.3) is 0 Å². The molecule has 1 unspecified atom stereocenters. The first-order valence-corrected chi connectivity index (χ1v) is 2.94. The number of rotatable bonds is 0. The van der Waals surface area contributed by atoms with Gasteiger partial charge < -0.3 is 4.74 Å². The number of hydrogen-bond acceptors (Lipinski definition) is 1. The molecule has 7 heavy (non-hydrogen) atoms. The molecule has 0 radical (unpaired) electrons. The lowest BCUT2D eigenvalue weighted by Crippen LogP contribution is -1.95. The quantitative estimate of drug-likeness (QED) is 0.492. The summed E-state index contributed by atoms with van der Waals surface area (Å²) >= 11 is 3.23. The molecule has 0 aromatic rings. The fraction of sp³-hybridized carbons (Fsp3) is 0.200. The van der Waals surface area contributed by atoms with Gasteiger partial charge in [0, 0.05) is 0 Å². The van der Waals surface area contributed by atoms with Crippen LogP contribution < -0.4 is 0 Å². The first-order valence-electron chi connectivity index (χ1n) is 2.02. The summed E-state index contributed by atoms with van der Waals surface area (Å²) < 4.78 is 4.93. The molecule has 0 amide bonds. The van der Waals surface area contributed by atoms with Crippen LogP contribution in [0.1, 0.15) is 0 Å². The monoisotopic (exact) mass is 160 g/mol. The summed E-state index contributed by atoms with van der Waals surface area (Å²) in [7, 11) is 0. The predicted octanol–water partition coefficient (Wildman–Crippen LogP) is 1.81. The fourth-order valence-electron chi connectivity index (χ4n) is 0.363. The zero-order valence-corrected chi connectivity index (χ0v) is 5.26. The average Bonchev–Trinajstić information content (AvgIpc) is 1.69. The van der Waals surface area contributed by atoms with E-state index in [4.69, 9.17) is 4.74 Å². The molecule has 1 rings (SSSR count). The summed E-state index contributed by atoms with van der Waals surface area (Å²) in [5, 5.41) is 0.0810. The maximum Gasteiger partial charge on any atom is 0.170 e. The molecule has 1 aliphatic rings. The van der Waals surface area contributed by atoms with Gasteiger partial charge in [0.15, 0.2) is 5.01 Å². The summed E-state index contributed by atoms with van der Waals surface area (Å²) in [4.78, 5) is 0. The Kier molecular flexibility index (Phi) is 1.52. The Labute approximate surface area is 50.8 Å². The van der Waals surface area contributed by atoms with Crippen LogP contribution in [0.4, 0.5) is 0 Å². The van der Waals surface area contributed by atoms with Crippen LogP contribution in [0.3, 0.4) is 0 Å². The van der Waals surface area contributed by atoms with Crippen LogP contribution in [0.15, 0.2) is 24.5 Å². The van der Waals surface area contributed by atoms with E-state index in [0.717, 1.165) is 0 Å². The molecule has 0 aliphatic carbocycles. The highest BCUT2D eigenvalue weighted by Crippen LogP contribution is 2.07. The zero-order valence-electron chi connectivity index (χ0n) is 3.67. The van der Waals surface area contributed by atoms with Gasteiger partial charge in [0.1, 0.15) is 0 Å². The molecule has 0 N–H and O–H groups in total. The van der Waals surface area contributed by atoms with Crippen molar-refractivity contribution in [2.75, 3.05) is 0 Å². The Balaban J connectivity index is 2.49. The maximum atomic E-state index is 4.93. The summed E-state index contributed by atoms with van der Waals surface area (Å²) in [6.07, 6.45) is 7.35. The second-order valence-electron chi connectivity index (χ2n) is 1.20. The number of alkyl halides is 1. The van der Waals surface area contributed by atoms with E-state index in [-0.39, 0.29) is 5.01 Å². The molecule has 0 fully saturated rings. The highest BCUT2D eigenvalue weighted by Gasteiger charge is 1.95. The third kappa shape index (κ3) is 1.35. The predicted molar refractivity (Wildman–Crippen MR) is 32.1 cm³/mol. The van der Waals surface area contributed by atoms with E-state index in [0.29, 0.717) is 0 Å². The fourth-order valence-corrected chi connectivity index (χ4v) is 0.663. The molecular formula is C5H5BrO. The Bertz CT molecular complexity index is 107. The van der Waals surface area contributed by atoms with Crippen molar-refractivity contribution in [3.63, 3.8) is 0 Å². The minimum absolute atomic E-state index is 0.0810. The SMILES string of the molecule is BrC1C=CC=CO1. The van der Waals surface area contributed by atoms with E-state index in [9.17, 15) is 0 Å². The Morgan fingerprint density at radius 2 is 2.29 bits per heavy atom. The second kappa shape index (κ2) is 2.17. The topological polar surface area (TPSA) is 9.23 Å². The third-order valence-corrected chi connectivity index (χ3v) is 1.18. The summed E-state index contributed by atoms with van der Waals surface area (Å²) in [6.45, 7) is 0. The van der Waals surface area contributed by atoms with Crippen LogP contribution in [-0.4, -0.2) is 5.01 Å². The van der Waals surface area contributed by atoms with E-state index >= 15 is 0 Å². The number of hydrogen-bond donors (Lipinski definition) is 0. The van der Waals surface area contributed by atoms with Crippen LogP contribution in [0.5, 0.6) is 0 Å². The van der Waals surface area contributed by atoms with Crippen LogP contribution in [0.2, 0.25) is 0 Å². The number of halogens is 1. The number of ether oxygens (including phenoxy) is 1. The van der Waals surface area contributed by atoms with Crippen molar-refractivity contribution < 1.29 is 4.74 Å². The molecule has 1 nitrogen and oxygen atoms in total. The largest absolute Gasteiger partial charge is 0.483 e. The van der Waals surface area contributed by atoms with E-state index in [1.54, 1.807) is 6.26 Å². The Morgan fingerprint density at radius 3 is 2.57 bits per heavy atom. The van der Waals surface area contributed by atoms with Gasteiger partial charge in [-0.2, -0.15) is 0 Å². The van der Waals surface area contributed by atoms with Crippen molar-refractivity contribution in [1.82, 2.24) is 0 Å². The van der Waals surface area contributed by atoms with Crippen LogP contribution in [-0.2, 0) is 4.74 Å². The maximum absolute atomic E-state index is 4.93. The van der Waals surface area contributed by atoms with Crippen LogP contribution in [0, 0.1) is 0 Å². The normalized spacial score (nSPS) is 27.3. The summed E-state index contributed by atoms with van der Waals surface area (Å²) in [5.74, 6) is 0. The highest BCUT2D eigenvalue weighted by molar-refractivity contribution is 9.09. The van der Waals surface area contributed by atoms with Gasteiger partial charge in [-0.05, 0) is 28.1 Å². The molecule has 0 aromatic carbocycles. The van der Waals surface area contributed by atoms with Crippen molar-refractivity contribution in [3.05, 3.63) is 24.5 Å². The van der Waals surface area contributed by atoms with Crippen molar-refractivity contribution in [2.45, 2.75) is 5.01 Å². The van der Waals surface area contributed by atoms with E-state index in [1.165, 1.54) is 0 Å². The average molecular weight is 161 g/mol. The van der Waals surface area contributed by atoms with E-state index in [1.807, 2.05) is 18.2 Å². The minimum Gasteiger partial charge on any atom is -0.483 e. The van der Waals surface area contributed by atoms with Gasteiger partial charge in [-0.3, -0.25) is 0 Å². The molecule has 0 aromatic heterocycles.